The van der Waals surface area contributed by atoms with E-state index in [1.54, 1.807) is 10.9 Å². The van der Waals surface area contributed by atoms with Crippen LogP contribution in [0.25, 0.3) is 27.5 Å². The highest BCUT2D eigenvalue weighted by Gasteiger charge is 2.19. The Kier molecular flexibility index (Phi) is 6.07. The summed E-state index contributed by atoms with van der Waals surface area (Å²) in [6.45, 7) is 7.87. The van der Waals surface area contributed by atoms with Crippen molar-refractivity contribution in [2.75, 3.05) is 31.5 Å². The number of anilines is 2. The molecule has 0 saturated carbocycles. The van der Waals surface area contributed by atoms with Gasteiger partial charge in [-0.15, -0.1) is 0 Å². The molecule has 196 valence electrons. The van der Waals surface area contributed by atoms with E-state index in [0.29, 0.717) is 17.9 Å². The van der Waals surface area contributed by atoms with Crippen molar-refractivity contribution in [3.05, 3.63) is 54.4 Å². The summed E-state index contributed by atoms with van der Waals surface area (Å²) in [4.78, 5) is 19.7. The van der Waals surface area contributed by atoms with Crippen molar-refractivity contribution in [1.29, 1.82) is 0 Å². The maximum Gasteiger partial charge on any atom is 0.252 e. The van der Waals surface area contributed by atoms with Crippen LogP contribution in [0.1, 0.15) is 29.4 Å². The van der Waals surface area contributed by atoms with Crippen LogP contribution in [0, 0.1) is 12.8 Å². The molecule has 0 aromatic carbocycles. The lowest BCUT2D eigenvalue weighted by atomic mass is 10.2. The number of nitrogens with one attached hydrogen (secondary N) is 2. The molecular formula is C27H32N10O. The molecule has 11 nitrogen and oxygen atoms in total. The van der Waals surface area contributed by atoms with E-state index in [2.05, 4.69) is 43.7 Å². The standard InChI is InChI=1S/C27H32N10O/c1-17-5-7-36(14-17)8-6-28-27(38)19-9-23(18(2)29-11-19)32-26-22-13-31-37-16-20(21-12-30-34(3)15-21)10-24(37)25(22)35(4)33-26/h9-13,15-17H,5-8,14H2,1-4H3,(H,28,38)(H,32,33)/t17-/m1/s1. The number of carbonyl (C=O) groups is 1. The lowest BCUT2D eigenvalue weighted by Crippen LogP contribution is -2.33. The number of amides is 1. The van der Waals surface area contributed by atoms with Crippen LogP contribution in [0.2, 0.25) is 0 Å². The van der Waals surface area contributed by atoms with E-state index >= 15 is 0 Å². The van der Waals surface area contributed by atoms with E-state index in [9.17, 15) is 4.79 Å². The third-order valence-electron chi connectivity index (χ3n) is 7.30. The van der Waals surface area contributed by atoms with Crippen molar-refractivity contribution in [2.24, 2.45) is 20.0 Å². The molecule has 0 unspecified atom stereocenters. The summed E-state index contributed by atoms with van der Waals surface area (Å²) in [7, 11) is 3.82. The average Bonchev–Trinajstić information content (AvgIpc) is 3.67. The summed E-state index contributed by atoms with van der Waals surface area (Å²) < 4.78 is 5.49. The Morgan fingerprint density at radius 3 is 2.74 bits per heavy atom. The van der Waals surface area contributed by atoms with Crippen LogP contribution in [0.3, 0.4) is 0 Å². The molecule has 1 amide bonds. The smallest absolute Gasteiger partial charge is 0.252 e. The summed E-state index contributed by atoms with van der Waals surface area (Å²) in [5.41, 5.74) is 5.99. The molecule has 5 aromatic rings. The zero-order chi connectivity index (χ0) is 26.4. The van der Waals surface area contributed by atoms with Crippen LogP contribution in [0.5, 0.6) is 0 Å². The molecule has 1 aliphatic rings. The lowest BCUT2D eigenvalue weighted by molar-refractivity contribution is 0.0949. The Labute approximate surface area is 220 Å². The highest BCUT2D eigenvalue weighted by Crippen LogP contribution is 2.31. The number of fused-ring (bicyclic) bond motifs is 3. The van der Waals surface area contributed by atoms with Gasteiger partial charge in [0.25, 0.3) is 5.91 Å². The van der Waals surface area contributed by atoms with Crippen LogP contribution < -0.4 is 10.6 Å². The van der Waals surface area contributed by atoms with E-state index in [4.69, 9.17) is 5.10 Å². The Bertz CT molecular complexity index is 1640. The monoisotopic (exact) mass is 512 g/mol. The first kappa shape index (κ1) is 24.1. The maximum absolute atomic E-state index is 12.8. The highest BCUT2D eigenvalue weighted by molar-refractivity contribution is 6.01. The average molecular weight is 513 g/mol. The quantitative estimate of drug-likeness (QED) is 0.345. The number of nitrogens with zero attached hydrogens (tertiary/aromatic N) is 8. The van der Waals surface area contributed by atoms with E-state index in [0.717, 1.165) is 64.5 Å². The Balaban J connectivity index is 1.24. The summed E-state index contributed by atoms with van der Waals surface area (Å²) in [6, 6.07) is 3.93. The number of rotatable bonds is 7. The first-order valence-corrected chi connectivity index (χ1v) is 12.9. The molecule has 0 aliphatic carbocycles. The van der Waals surface area contributed by atoms with Gasteiger partial charge in [-0.25, -0.2) is 4.52 Å². The van der Waals surface area contributed by atoms with Gasteiger partial charge in [-0.2, -0.15) is 15.3 Å². The summed E-state index contributed by atoms with van der Waals surface area (Å²) in [6.07, 6.45) is 10.5. The molecule has 1 atom stereocenters. The van der Waals surface area contributed by atoms with Crippen molar-refractivity contribution in [1.82, 2.24) is 44.4 Å². The second-order valence-corrected chi connectivity index (χ2v) is 10.3. The molecule has 1 aliphatic heterocycles. The summed E-state index contributed by atoms with van der Waals surface area (Å²) in [5.74, 6) is 1.26. The van der Waals surface area contributed by atoms with Crippen LogP contribution in [-0.4, -0.2) is 71.1 Å². The Morgan fingerprint density at radius 2 is 1.97 bits per heavy atom. The molecular weight excluding hydrogens is 480 g/mol. The molecule has 5 aromatic heterocycles. The number of carbonyl (C=O) groups excluding carboxylic acids is 1. The predicted octanol–water partition coefficient (Wildman–Crippen LogP) is 3.14. The third-order valence-corrected chi connectivity index (χ3v) is 7.30. The van der Waals surface area contributed by atoms with Crippen molar-refractivity contribution in [3.8, 4) is 11.1 Å². The van der Waals surface area contributed by atoms with Gasteiger partial charge < -0.3 is 15.5 Å². The Morgan fingerprint density at radius 1 is 1.11 bits per heavy atom. The number of hydrogen-bond acceptors (Lipinski definition) is 7. The number of hydrogen-bond donors (Lipinski definition) is 2. The molecule has 0 bridgehead atoms. The predicted molar refractivity (Wildman–Crippen MR) is 146 cm³/mol. The minimum atomic E-state index is -0.127. The van der Waals surface area contributed by atoms with Crippen LogP contribution in [-0.2, 0) is 14.1 Å². The molecule has 0 spiro atoms. The van der Waals surface area contributed by atoms with Crippen molar-refractivity contribution >= 4 is 33.8 Å². The van der Waals surface area contributed by atoms with Crippen LogP contribution in [0.4, 0.5) is 11.5 Å². The SMILES string of the molecule is Cc1ncc(C(=O)NCCN2CC[C@@H](C)C2)cc1Nc1nn(C)c2c1cnn1cc(-c3cnn(C)c3)cc21. The van der Waals surface area contributed by atoms with Crippen molar-refractivity contribution in [3.63, 3.8) is 0 Å². The maximum atomic E-state index is 12.8. The number of aromatic nitrogens is 7. The fourth-order valence-electron chi connectivity index (χ4n) is 5.20. The normalized spacial score (nSPS) is 16.1. The summed E-state index contributed by atoms with van der Waals surface area (Å²) >= 11 is 0. The molecule has 11 heteroatoms. The zero-order valence-electron chi connectivity index (χ0n) is 22.1. The fourth-order valence-corrected chi connectivity index (χ4v) is 5.20. The summed E-state index contributed by atoms with van der Waals surface area (Å²) in [5, 5.41) is 21.0. The minimum Gasteiger partial charge on any atom is -0.351 e. The molecule has 6 rings (SSSR count). The van der Waals surface area contributed by atoms with Crippen LogP contribution >= 0.6 is 0 Å². The van der Waals surface area contributed by atoms with Gasteiger partial charge in [0.1, 0.15) is 0 Å². The topological polar surface area (TPSA) is 110 Å². The Hall–Kier alpha value is -4.25. The first-order valence-electron chi connectivity index (χ1n) is 12.9. The van der Waals surface area contributed by atoms with Gasteiger partial charge in [-0.3, -0.25) is 19.1 Å². The fraction of sp³-hybridized carbons (Fsp3) is 0.370. The van der Waals surface area contributed by atoms with E-state index in [-0.39, 0.29) is 5.91 Å². The first-order chi connectivity index (χ1) is 18.4. The lowest BCUT2D eigenvalue weighted by Gasteiger charge is -2.15. The van der Waals surface area contributed by atoms with Crippen molar-refractivity contribution < 1.29 is 4.79 Å². The molecule has 1 fully saturated rings. The van der Waals surface area contributed by atoms with Gasteiger partial charge in [0, 0.05) is 63.4 Å². The van der Waals surface area contributed by atoms with Gasteiger partial charge in [0.05, 0.1) is 45.8 Å². The molecule has 2 N–H and O–H groups in total. The van der Waals surface area contributed by atoms with Crippen molar-refractivity contribution in [2.45, 2.75) is 20.3 Å². The number of likely N-dealkylation sites (tertiary alicyclic amines) is 1. The molecule has 38 heavy (non-hydrogen) atoms. The third kappa shape index (κ3) is 4.49. The number of pyridine rings is 1. The van der Waals surface area contributed by atoms with E-state index in [1.165, 1.54) is 6.42 Å². The second kappa shape index (κ2) is 9.56. The van der Waals surface area contributed by atoms with Gasteiger partial charge in [0.2, 0.25) is 0 Å². The van der Waals surface area contributed by atoms with Gasteiger partial charge in [-0.1, -0.05) is 6.92 Å². The molecule has 0 radical (unpaired) electrons. The zero-order valence-corrected chi connectivity index (χ0v) is 22.1. The van der Waals surface area contributed by atoms with Gasteiger partial charge in [-0.05, 0) is 37.9 Å². The number of aryl methyl sites for hydroxylation is 3. The van der Waals surface area contributed by atoms with E-state index < -0.39 is 0 Å². The highest BCUT2D eigenvalue weighted by atomic mass is 16.1. The van der Waals surface area contributed by atoms with Crippen LogP contribution in [0.15, 0.2) is 43.1 Å². The largest absolute Gasteiger partial charge is 0.351 e. The van der Waals surface area contributed by atoms with Gasteiger partial charge >= 0.3 is 0 Å². The van der Waals surface area contributed by atoms with Gasteiger partial charge in [0.15, 0.2) is 5.82 Å². The molecule has 6 heterocycles. The molecule has 1 saturated heterocycles. The second-order valence-electron chi connectivity index (χ2n) is 10.3. The minimum absolute atomic E-state index is 0.127. The van der Waals surface area contributed by atoms with E-state index in [1.807, 2.05) is 61.1 Å².